The predicted octanol–water partition coefficient (Wildman–Crippen LogP) is 6.36. The van der Waals surface area contributed by atoms with E-state index in [9.17, 15) is 9.79 Å². The number of carbonyl (C=O) groups is 1. The molecule has 3 rings (SSSR count). The molecule has 214 valence electrons. The van der Waals surface area contributed by atoms with Crippen LogP contribution in [0.15, 0.2) is 84.6 Å². The third-order valence-electron chi connectivity index (χ3n) is 5.14. The van der Waals surface area contributed by atoms with Gasteiger partial charge in [-0.25, -0.2) is 0 Å². The van der Waals surface area contributed by atoms with E-state index in [4.69, 9.17) is 9.53 Å². The van der Waals surface area contributed by atoms with Crippen molar-refractivity contribution in [3.8, 4) is 17.6 Å². The largest absolute Gasteiger partial charge is 0.481 e. The smallest absolute Gasteiger partial charge is 0.188 e. The van der Waals surface area contributed by atoms with E-state index < -0.39 is 14.2 Å². The van der Waals surface area contributed by atoms with E-state index in [1.165, 1.54) is 12.6 Å². The Morgan fingerprint density at radius 2 is 1.75 bits per heavy atom. The van der Waals surface area contributed by atoms with Crippen molar-refractivity contribution in [2.45, 2.75) is 33.1 Å². The molecule has 0 spiro atoms. The molecule has 8 heteroatoms. The molecule has 0 radical (unpaired) electrons. The van der Waals surface area contributed by atoms with E-state index in [0.717, 1.165) is 40.0 Å². The summed E-state index contributed by atoms with van der Waals surface area (Å²) >= 11 is 1.78. The van der Waals surface area contributed by atoms with Crippen LogP contribution < -0.4 is 15.4 Å². The summed E-state index contributed by atoms with van der Waals surface area (Å²) in [5, 5.41) is 6.46. The van der Waals surface area contributed by atoms with Gasteiger partial charge in [-0.15, -0.1) is 0 Å². The van der Waals surface area contributed by atoms with Gasteiger partial charge in [-0.05, 0) is 60.2 Å². The van der Waals surface area contributed by atoms with Gasteiger partial charge in [-0.1, -0.05) is 80.3 Å². The van der Waals surface area contributed by atoms with Crippen LogP contribution >= 0.6 is 20.1 Å². The van der Waals surface area contributed by atoms with Crippen LogP contribution in [0.1, 0.15) is 48.8 Å². The molecule has 3 aromatic carbocycles. The lowest BCUT2D eigenvalue weighted by atomic mass is 10.1. The lowest BCUT2D eigenvalue weighted by Gasteiger charge is -2.20. The summed E-state index contributed by atoms with van der Waals surface area (Å²) in [6, 6.07) is 25.3. The lowest BCUT2D eigenvalue weighted by Crippen LogP contribution is -2.19. The number of carbonyl (C=O) groups excluding carboxylic acids is 1. The fraction of sp³-hybridized carbons (Fsp3) is 0.281. The maximum Gasteiger partial charge on any atom is 0.188 e. The molecule has 4 N–H and O–H groups in total. The van der Waals surface area contributed by atoms with Gasteiger partial charge in [-0.2, -0.15) is 11.8 Å². The molecule has 0 amide bonds. The van der Waals surface area contributed by atoms with Crippen molar-refractivity contribution in [3.05, 3.63) is 107 Å². The summed E-state index contributed by atoms with van der Waals surface area (Å²) in [6.07, 6.45) is 4.97. The van der Waals surface area contributed by atoms with Gasteiger partial charge in [0.25, 0.3) is 0 Å². The molecule has 0 saturated heterocycles. The standard InChI is InChI=1S/C28H31N2O3PS.C2H4O.C2H6/c1-29-26(21-35-2)18-23-10-6-9-22(17-23)12-8-16-33-27-15-7-11-24(19-27)20-30-28(34(31)32)25-13-4-3-5-14-25;1-2-3;1-2/h3-7,9-11,13-15,17-19,28-32H,16,20-21H2,1-2H3;2H,1H3;1-2H3/b26-18+;;. The summed E-state index contributed by atoms with van der Waals surface area (Å²) in [4.78, 5) is 28.5. The van der Waals surface area contributed by atoms with Crippen LogP contribution in [0, 0.1) is 11.8 Å². The minimum absolute atomic E-state index is 0.274. The molecule has 0 aromatic heterocycles. The number of hydrogen-bond acceptors (Lipinski definition) is 7. The SMILES string of the molecule is CC.CC=O.CN/C(=C/c1cccc(C#CCOc2cccc(CNC(c3ccccc3)P(O)O)c2)c1)CSC. The highest BCUT2D eigenvalue weighted by atomic mass is 32.2. The van der Waals surface area contributed by atoms with Crippen molar-refractivity contribution in [1.82, 2.24) is 10.6 Å². The monoisotopic (exact) mass is 580 g/mol. The molecule has 3 aromatic rings. The molecule has 0 bridgehead atoms. The van der Waals surface area contributed by atoms with E-state index in [1.807, 2.05) is 87.6 Å². The second-order valence-corrected chi connectivity index (χ2v) is 9.99. The first-order valence-corrected chi connectivity index (χ1v) is 15.7. The van der Waals surface area contributed by atoms with E-state index in [2.05, 4.69) is 46.9 Å². The first-order chi connectivity index (χ1) is 19.5. The topological polar surface area (TPSA) is 90.8 Å². The Bertz CT molecular complexity index is 1210. The molecular weight excluding hydrogens is 539 g/mol. The van der Waals surface area contributed by atoms with Crippen molar-refractivity contribution in [1.29, 1.82) is 0 Å². The molecule has 0 fully saturated rings. The fourth-order valence-corrected chi connectivity index (χ4v) is 4.67. The van der Waals surface area contributed by atoms with Crippen molar-refractivity contribution >= 4 is 32.5 Å². The number of nitrogens with one attached hydrogen (secondary N) is 2. The Labute approximate surface area is 245 Å². The molecule has 1 atom stereocenters. The van der Waals surface area contributed by atoms with Gasteiger partial charge in [0, 0.05) is 30.6 Å². The molecule has 0 heterocycles. The van der Waals surface area contributed by atoms with E-state index >= 15 is 0 Å². The second kappa shape index (κ2) is 21.7. The van der Waals surface area contributed by atoms with E-state index in [1.54, 1.807) is 11.8 Å². The number of hydrogen-bond donors (Lipinski definition) is 4. The summed E-state index contributed by atoms with van der Waals surface area (Å²) in [6.45, 7) is 6.20. The van der Waals surface area contributed by atoms with Crippen LogP contribution in [0.25, 0.3) is 6.08 Å². The molecule has 0 aliphatic rings. The fourth-order valence-electron chi connectivity index (χ4n) is 3.43. The zero-order chi connectivity index (χ0) is 29.6. The van der Waals surface area contributed by atoms with E-state index in [0.29, 0.717) is 6.54 Å². The molecule has 0 aliphatic carbocycles. The first kappa shape index (κ1) is 34.9. The van der Waals surface area contributed by atoms with Gasteiger partial charge in [0.1, 0.15) is 24.4 Å². The van der Waals surface area contributed by atoms with Crippen LogP contribution in [-0.2, 0) is 11.3 Å². The molecule has 6 nitrogen and oxygen atoms in total. The maximum absolute atomic E-state index is 9.84. The van der Waals surface area contributed by atoms with Gasteiger partial charge in [0.2, 0.25) is 0 Å². The minimum Gasteiger partial charge on any atom is -0.481 e. The minimum atomic E-state index is -2.16. The number of benzene rings is 3. The zero-order valence-corrected chi connectivity index (χ0v) is 25.6. The number of rotatable bonds is 11. The third-order valence-corrected chi connectivity index (χ3v) is 6.68. The highest BCUT2D eigenvalue weighted by Gasteiger charge is 2.19. The van der Waals surface area contributed by atoms with Crippen LogP contribution in [0.5, 0.6) is 5.75 Å². The Morgan fingerprint density at radius 1 is 1.05 bits per heavy atom. The third kappa shape index (κ3) is 13.8. The highest BCUT2D eigenvalue weighted by molar-refractivity contribution is 7.98. The molecular formula is C32H41N2O4PS. The van der Waals surface area contributed by atoms with Crippen LogP contribution in [0.2, 0.25) is 0 Å². The first-order valence-electron chi connectivity index (χ1n) is 13.0. The summed E-state index contributed by atoms with van der Waals surface area (Å²) in [7, 11) is -0.220. The number of ether oxygens (including phenoxy) is 1. The molecule has 1 unspecified atom stereocenters. The lowest BCUT2D eigenvalue weighted by molar-refractivity contribution is -0.106. The Balaban J connectivity index is 0.00000150. The molecule has 0 aliphatic heterocycles. The van der Waals surface area contributed by atoms with Crippen LogP contribution in [-0.4, -0.2) is 41.7 Å². The normalized spacial score (nSPS) is 11.1. The van der Waals surface area contributed by atoms with Crippen molar-refractivity contribution in [2.24, 2.45) is 0 Å². The summed E-state index contributed by atoms with van der Waals surface area (Å²) in [5.41, 5.74) is 5.05. The van der Waals surface area contributed by atoms with Gasteiger partial charge >= 0.3 is 0 Å². The van der Waals surface area contributed by atoms with Crippen molar-refractivity contribution in [2.75, 3.05) is 25.7 Å². The summed E-state index contributed by atoms with van der Waals surface area (Å²) < 4.78 is 5.83. The quantitative estimate of drug-likeness (QED) is 0.119. The van der Waals surface area contributed by atoms with Crippen molar-refractivity contribution in [3.63, 3.8) is 0 Å². The van der Waals surface area contributed by atoms with Gasteiger partial charge in [-0.3, -0.25) is 5.32 Å². The van der Waals surface area contributed by atoms with Gasteiger partial charge in [0.05, 0.1) is 0 Å². The van der Waals surface area contributed by atoms with Crippen molar-refractivity contribution < 1.29 is 19.3 Å². The second-order valence-electron chi connectivity index (χ2n) is 7.97. The number of thioether (sulfide) groups is 1. The van der Waals surface area contributed by atoms with Crippen LogP contribution in [0.4, 0.5) is 0 Å². The molecule has 0 saturated carbocycles. The maximum atomic E-state index is 9.84. The highest BCUT2D eigenvalue weighted by Crippen LogP contribution is 2.41. The average molecular weight is 581 g/mol. The molecule has 40 heavy (non-hydrogen) atoms. The Kier molecular flexibility index (Phi) is 18.9. The predicted molar refractivity (Wildman–Crippen MR) is 171 cm³/mol. The van der Waals surface area contributed by atoms with Gasteiger partial charge < -0.3 is 24.6 Å². The van der Waals surface area contributed by atoms with E-state index in [-0.39, 0.29) is 6.61 Å². The summed E-state index contributed by atoms with van der Waals surface area (Å²) in [5.74, 6) is 7.39. The zero-order valence-electron chi connectivity index (χ0n) is 23.9. The van der Waals surface area contributed by atoms with Gasteiger partial charge in [0.15, 0.2) is 8.38 Å². The average Bonchev–Trinajstić information content (AvgIpc) is 2.97. The Hall–Kier alpha value is -3.11. The Morgan fingerprint density at radius 3 is 2.40 bits per heavy atom. The van der Waals surface area contributed by atoms with Crippen LogP contribution in [0.3, 0.4) is 0 Å². The number of aldehydes is 1.